The molecule has 1 aromatic rings. The molecule has 2 rings (SSSR count). The number of nitrogens with zero attached hydrogens (tertiary/aromatic N) is 1. The Morgan fingerprint density at radius 3 is 2.33 bits per heavy atom. The van der Waals surface area contributed by atoms with Crippen LogP contribution in [0.25, 0.3) is 0 Å². The molecular weight excluding hydrogens is 389 g/mol. The van der Waals surface area contributed by atoms with Gasteiger partial charge in [-0.2, -0.15) is 23.2 Å². The maximum Gasteiger partial charge on any atom is 0.418 e. The highest BCUT2D eigenvalue weighted by Gasteiger charge is 2.71. The van der Waals surface area contributed by atoms with Gasteiger partial charge in [-0.05, 0) is 24.3 Å². The van der Waals surface area contributed by atoms with E-state index in [1.165, 1.54) is 17.7 Å². The van der Waals surface area contributed by atoms with Crippen LogP contribution >= 0.6 is 0 Å². The molecule has 1 aliphatic rings. The summed E-state index contributed by atoms with van der Waals surface area (Å²) in [4.78, 5) is 22.4. The summed E-state index contributed by atoms with van der Waals surface area (Å²) in [6.07, 6.45) is -5.42. The zero-order chi connectivity index (χ0) is 20.6. The quantitative estimate of drug-likeness (QED) is 0.692. The Balaban J connectivity index is 2.49. The lowest BCUT2D eigenvalue weighted by Crippen LogP contribution is -2.66. The zero-order valence-electron chi connectivity index (χ0n) is 13.7. The van der Waals surface area contributed by atoms with E-state index in [0.29, 0.717) is 0 Å². The maximum absolute atomic E-state index is 13.7. The molecule has 1 fully saturated rings. The molecule has 2 amide bonds. The molecule has 3 N–H and O–H groups in total. The van der Waals surface area contributed by atoms with Crippen LogP contribution in [0, 0.1) is 17.2 Å². The number of carbonyl (C=O) groups excluding carboxylic acids is 2. The van der Waals surface area contributed by atoms with Crippen molar-refractivity contribution in [1.82, 2.24) is 10.0 Å². The van der Waals surface area contributed by atoms with Crippen molar-refractivity contribution in [2.24, 2.45) is 5.92 Å². The fraction of sp³-hybridized carbons (Fsp3) is 0.267. The number of sulfonamides is 1. The normalized spacial score (nSPS) is 22.9. The zero-order valence-corrected chi connectivity index (χ0v) is 14.5. The molecule has 0 aliphatic carbocycles. The van der Waals surface area contributed by atoms with Gasteiger partial charge in [0.25, 0.3) is 5.91 Å². The second-order valence-electron chi connectivity index (χ2n) is 5.66. The van der Waals surface area contributed by atoms with Crippen LogP contribution < -0.4 is 15.4 Å². The fourth-order valence-electron chi connectivity index (χ4n) is 2.53. The van der Waals surface area contributed by atoms with Crippen LogP contribution in [0.4, 0.5) is 18.9 Å². The molecule has 2 atom stereocenters. The highest BCUT2D eigenvalue weighted by molar-refractivity contribution is 7.89. The van der Waals surface area contributed by atoms with Crippen molar-refractivity contribution in [3.05, 3.63) is 36.5 Å². The summed E-state index contributed by atoms with van der Waals surface area (Å²) in [5, 5.41) is 13.2. The van der Waals surface area contributed by atoms with Crippen LogP contribution in [0.3, 0.4) is 0 Å². The summed E-state index contributed by atoms with van der Waals surface area (Å²) >= 11 is 0. The Kier molecular flexibility index (Phi) is 5.04. The molecule has 0 aromatic heterocycles. The van der Waals surface area contributed by atoms with Crippen molar-refractivity contribution < 1.29 is 31.2 Å². The summed E-state index contributed by atoms with van der Waals surface area (Å²) in [5.41, 5.74) is -4.06. The monoisotopic (exact) mass is 402 g/mol. The number of alkyl halides is 3. The largest absolute Gasteiger partial charge is 0.418 e. The predicted octanol–water partition coefficient (Wildman–Crippen LogP) is 1.01. The maximum atomic E-state index is 13.7. The van der Waals surface area contributed by atoms with Gasteiger partial charge in [0.2, 0.25) is 21.5 Å². The topological polar surface area (TPSA) is 128 Å². The molecule has 27 heavy (non-hydrogen) atoms. The molecule has 0 spiro atoms. The van der Waals surface area contributed by atoms with E-state index >= 15 is 0 Å². The lowest BCUT2D eigenvalue weighted by molar-refractivity contribution is -0.195. The van der Waals surface area contributed by atoms with E-state index in [1.54, 1.807) is 5.32 Å². The van der Waals surface area contributed by atoms with E-state index in [-0.39, 0.29) is 5.69 Å². The van der Waals surface area contributed by atoms with Gasteiger partial charge in [-0.1, -0.05) is 6.58 Å². The first-order valence-corrected chi connectivity index (χ1v) is 8.71. The molecule has 0 unspecified atom stereocenters. The van der Waals surface area contributed by atoms with Crippen molar-refractivity contribution in [1.29, 1.82) is 5.26 Å². The number of nitriles is 1. The third-order valence-electron chi connectivity index (χ3n) is 3.77. The van der Waals surface area contributed by atoms with Crippen molar-refractivity contribution in [2.75, 3.05) is 5.32 Å². The second kappa shape index (κ2) is 6.67. The number of halogens is 3. The molecule has 0 bridgehead atoms. The molecule has 1 aliphatic heterocycles. The SMILES string of the molecule is C=C1NC(=O)[C@](NS(=O)(=O)c2ccc(NC(C)=O)cc2)(C(F)(F)F)[C@@H]1C#N. The van der Waals surface area contributed by atoms with Gasteiger partial charge < -0.3 is 10.6 Å². The van der Waals surface area contributed by atoms with Gasteiger partial charge in [-0.25, -0.2) is 8.42 Å². The minimum Gasteiger partial charge on any atom is -0.327 e. The first-order chi connectivity index (χ1) is 12.3. The average molecular weight is 402 g/mol. The molecule has 144 valence electrons. The number of amides is 2. The van der Waals surface area contributed by atoms with Crippen LogP contribution in [0.2, 0.25) is 0 Å². The summed E-state index contributed by atoms with van der Waals surface area (Å²) < 4.78 is 67.4. The number of nitrogens with one attached hydrogen (secondary N) is 3. The smallest absolute Gasteiger partial charge is 0.327 e. The third-order valence-corrected chi connectivity index (χ3v) is 5.25. The Labute approximate surface area is 152 Å². The number of benzene rings is 1. The average Bonchev–Trinajstić information content (AvgIpc) is 2.77. The van der Waals surface area contributed by atoms with Crippen molar-refractivity contribution in [2.45, 2.75) is 23.5 Å². The van der Waals surface area contributed by atoms with Gasteiger partial charge in [-0.3, -0.25) is 9.59 Å². The minimum atomic E-state index is -5.42. The van der Waals surface area contributed by atoms with E-state index in [2.05, 4.69) is 11.9 Å². The predicted molar refractivity (Wildman–Crippen MR) is 86.2 cm³/mol. The van der Waals surface area contributed by atoms with E-state index in [1.807, 2.05) is 0 Å². The van der Waals surface area contributed by atoms with E-state index in [0.717, 1.165) is 24.3 Å². The number of hydrogen-bond acceptors (Lipinski definition) is 5. The molecule has 1 saturated heterocycles. The number of hydrogen-bond donors (Lipinski definition) is 3. The Hall–Kier alpha value is -2.91. The van der Waals surface area contributed by atoms with Gasteiger partial charge in [-0.15, -0.1) is 0 Å². The highest BCUT2D eigenvalue weighted by Crippen LogP contribution is 2.43. The van der Waals surface area contributed by atoms with Crippen LogP contribution in [-0.2, 0) is 19.6 Å². The Morgan fingerprint density at radius 2 is 1.89 bits per heavy atom. The molecule has 1 aromatic carbocycles. The number of carbonyl (C=O) groups is 2. The van der Waals surface area contributed by atoms with Crippen LogP contribution in [0.1, 0.15) is 6.92 Å². The minimum absolute atomic E-state index is 0.217. The molecule has 0 radical (unpaired) electrons. The first kappa shape index (κ1) is 20.4. The molecule has 12 heteroatoms. The summed E-state index contributed by atoms with van der Waals surface area (Å²) in [7, 11) is -4.87. The number of anilines is 1. The van der Waals surface area contributed by atoms with Crippen molar-refractivity contribution in [3.8, 4) is 6.07 Å². The van der Waals surface area contributed by atoms with Gasteiger partial charge in [0.1, 0.15) is 5.92 Å². The van der Waals surface area contributed by atoms with Crippen molar-refractivity contribution in [3.63, 3.8) is 0 Å². The molecule has 1 heterocycles. The fourth-order valence-corrected chi connectivity index (χ4v) is 3.89. The van der Waals surface area contributed by atoms with Crippen LogP contribution in [-0.4, -0.2) is 31.9 Å². The Morgan fingerprint density at radius 1 is 1.33 bits per heavy atom. The van der Waals surface area contributed by atoms with Crippen LogP contribution in [0.5, 0.6) is 0 Å². The van der Waals surface area contributed by atoms with Gasteiger partial charge >= 0.3 is 6.18 Å². The summed E-state index contributed by atoms with van der Waals surface area (Å²) in [6, 6.07) is 5.48. The molecular formula is C15H13F3N4O4S. The third kappa shape index (κ3) is 3.51. The van der Waals surface area contributed by atoms with Gasteiger partial charge in [0.15, 0.2) is 0 Å². The van der Waals surface area contributed by atoms with Gasteiger partial charge in [0.05, 0.1) is 11.0 Å². The summed E-state index contributed by atoms with van der Waals surface area (Å²) in [6.45, 7) is 4.39. The van der Waals surface area contributed by atoms with E-state index < -0.39 is 50.1 Å². The molecule has 0 saturated carbocycles. The first-order valence-electron chi connectivity index (χ1n) is 7.23. The molecule has 8 nitrogen and oxygen atoms in total. The highest BCUT2D eigenvalue weighted by atomic mass is 32.2. The summed E-state index contributed by atoms with van der Waals surface area (Å²) in [5.74, 6) is -4.37. The van der Waals surface area contributed by atoms with Crippen molar-refractivity contribution >= 4 is 27.5 Å². The number of rotatable bonds is 4. The lowest BCUT2D eigenvalue weighted by Gasteiger charge is -2.31. The van der Waals surface area contributed by atoms with E-state index in [9.17, 15) is 31.2 Å². The van der Waals surface area contributed by atoms with Gasteiger partial charge in [0, 0.05) is 18.3 Å². The van der Waals surface area contributed by atoms with E-state index in [4.69, 9.17) is 5.26 Å². The standard InChI is InChI=1S/C15H13F3N4O4S/c1-8-12(7-19)14(13(24)20-8,15(16,17)18)22-27(25,26)11-5-3-10(4-6-11)21-9(2)23/h3-6,12,22H,1H2,2H3,(H,20,24)(H,21,23)/t12-,14+/m1/s1. The second-order valence-corrected chi connectivity index (χ2v) is 7.34. The lowest BCUT2D eigenvalue weighted by atomic mass is 9.86. The Bertz CT molecular complexity index is 951. The van der Waals surface area contributed by atoms with Crippen LogP contribution in [0.15, 0.2) is 41.4 Å².